The molecule has 0 aliphatic heterocycles. The van der Waals surface area contributed by atoms with Crippen LogP contribution in [0.1, 0.15) is 16.1 Å². The summed E-state index contributed by atoms with van der Waals surface area (Å²) in [6.07, 6.45) is 0.789. The summed E-state index contributed by atoms with van der Waals surface area (Å²) >= 11 is 0. The van der Waals surface area contributed by atoms with E-state index in [-0.39, 0.29) is 11.6 Å². The fourth-order valence-corrected chi connectivity index (χ4v) is 2.82. The van der Waals surface area contributed by atoms with Crippen LogP contribution in [0.15, 0.2) is 60.7 Å². The lowest BCUT2D eigenvalue weighted by Crippen LogP contribution is -2.15. The van der Waals surface area contributed by atoms with Gasteiger partial charge in [-0.05, 0) is 54.4 Å². The van der Waals surface area contributed by atoms with E-state index in [0.29, 0.717) is 18.1 Å². The first kappa shape index (κ1) is 20.1. The average Bonchev–Trinajstić information content (AvgIpc) is 2.75. The summed E-state index contributed by atoms with van der Waals surface area (Å²) in [6.45, 7) is 0.679. The third-order valence-electron chi connectivity index (χ3n) is 4.43. The van der Waals surface area contributed by atoms with Crippen molar-refractivity contribution < 1.29 is 9.53 Å². The Morgan fingerprint density at radius 3 is 2.41 bits per heavy atom. The maximum Gasteiger partial charge on any atom is 0.276 e. The van der Waals surface area contributed by atoms with Crippen molar-refractivity contribution in [2.75, 3.05) is 43.3 Å². The van der Waals surface area contributed by atoms with Crippen molar-refractivity contribution in [3.05, 3.63) is 71.9 Å². The number of ether oxygens (including phenoxy) is 1. The fraction of sp³-hybridized carbons (Fsp3) is 0.227. The molecule has 0 spiro atoms. The van der Waals surface area contributed by atoms with Gasteiger partial charge in [-0.2, -0.15) is 0 Å². The van der Waals surface area contributed by atoms with E-state index in [2.05, 4.69) is 20.8 Å². The molecule has 1 heterocycles. The number of amides is 1. The van der Waals surface area contributed by atoms with E-state index in [0.717, 1.165) is 23.4 Å². The van der Waals surface area contributed by atoms with Crippen molar-refractivity contribution in [2.24, 2.45) is 0 Å². The van der Waals surface area contributed by atoms with Crippen LogP contribution in [0.3, 0.4) is 0 Å². The Labute approximate surface area is 170 Å². The number of nitrogens with one attached hydrogen (secondary N) is 2. The summed E-state index contributed by atoms with van der Waals surface area (Å²) in [6, 6.07) is 18.9. The van der Waals surface area contributed by atoms with Crippen molar-refractivity contribution in [1.82, 2.24) is 10.2 Å². The van der Waals surface area contributed by atoms with Gasteiger partial charge in [0.25, 0.3) is 5.91 Å². The molecule has 0 bridgehead atoms. The lowest BCUT2D eigenvalue weighted by atomic mass is 10.1. The zero-order chi connectivity index (χ0) is 20.6. The minimum atomic E-state index is -0.296. The first-order valence-electron chi connectivity index (χ1n) is 9.35. The van der Waals surface area contributed by atoms with Gasteiger partial charge in [-0.3, -0.25) is 4.79 Å². The molecule has 2 aromatic carbocycles. The van der Waals surface area contributed by atoms with Crippen LogP contribution in [0.25, 0.3) is 0 Å². The van der Waals surface area contributed by atoms with Gasteiger partial charge in [-0.1, -0.05) is 18.2 Å². The fourth-order valence-electron chi connectivity index (χ4n) is 2.82. The summed E-state index contributed by atoms with van der Waals surface area (Å²) in [7, 11) is 5.60. The minimum Gasteiger partial charge on any atom is -0.496 e. The number of carbonyl (C=O) groups is 1. The molecule has 1 aromatic heterocycles. The zero-order valence-electron chi connectivity index (χ0n) is 16.8. The number of hydrogen-bond acceptors (Lipinski definition) is 6. The first-order chi connectivity index (χ1) is 14.1. The maximum atomic E-state index is 12.4. The van der Waals surface area contributed by atoms with Gasteiger partial charge in [0.2, 0.25) is 0 Å². The largest absolute Gasteiger partial charge is 0.496 e. The number of nitrogens with zero attached hydrogens (tertiary/aromatic N) is 3. The van der Waals surface area contributed by atoms with E-state index in [9.17, 15) is 4.79 Å². The highest BCUT2D eigenvalue weighted by Crippen LogP contribution is 2.18. The molecule has 2 N–H and O–H groups in total. The highest BCUT2D eigenvalue weighted by Gasteiger charge is 2.09. The van der Waals surface area contributed by atoms with Gasteiger partial charge in [0.15, 0.2) is 5.69 Å². The molecule has 0 aliphatic rings. The van der Waals surface area contributed by atoms with Crippen LogP contribution >= 0.6 is 0 Å². The molecule has 0 atom stereocenters. The Hall–Kier alpha value is -3.61. The molecule has 0 saturated carbocycles. The zero-order valence-corrected chi connectivity index (χ0v) is 16.8. The first-order valence-corrected chi connectivity index (χ1v) is 9.35. The Morgan fingerprint density at radius 1 is 1.00 bits per heavy atom. The highest BCUT2D eigenvalue weighted by molar-refractivity contribution is 6.02. The number of hydrogen-bond donors (Lipinski definition) is 2. The molecule has 150 valence electrons. The molecule has 0 fully saturated rings. The lowest BCUT2D eigenvalue weighted by molar-refractivity contribution is 0.102. The van der Waals surface area contributed by atoms with Gasteiger partial charge in [-0.15, -0.1) is 10.2 Å². The van der Waals surface area contributed by atoms with Gasteiger partial charge in [0.1, 0.15) is 11.6 Å². The summed E-state index contributed by atoms with van der Waals surface area (Å²) < 4.78 is 5.35. The molecule has 1 amide bonds. The van der Waals surface area contributed by atoms with Gasteiger partial charge in [0.05, 0.1) is 7.11 Å². The molecule has 0 unspecified atom stereocenters. The highest BCUT2D eigenvalue weighted by atomic mass is 16.5. The Balaban J connectivity index is 1.53. The molecule has 0 radical (unpaired) electrons. The van der Waals surface area contributed by atoms with Crippen LogP contribution in [0, 0.1) is 0 Å². The second-order valence-electron chi connectivity index (χ2n) is 6.69. The van der Waals surface area contributed by atoms with Crippen LogP contribution < -0.4 is 20.3 Å². The predicted molar refractivity (Wildman–Crippen MR) is 116 cm³/mol. The van der Waals surface area contributed by atoms with Gasteiger partial charge in [-0.25, -0.2) is 0 Å². The molecule has 0 aliphatic carbocycles. The van der Waals surface area contributed by atoms with E-state index in [1.54, 1.807) is 19.2 Å². The topological polar surface area (TPSA) is 79.4 Å². The molecule has 7 nitrogen and oxygen atoms in total. The van der Waals surface area contributed by atoms with Gasteiger partial charge in [0, 0.05) is 32.0 Å². The minimum absolute atomic E-state index is 0.261. The number of methoxy groups -OCH3 is 1. The van der Waals surface area contributed by atoms with Gasteiger partial charge >= 0.3 is 0 Å². The molecular weight excluding hydrogens is 366 g/mol. The number of rotatable bonds is 8. The molecule has 0 saturated heterocycles. The van der Waals surface area contributed by atoms with E-state index < -0.39 is 0 Å². The maximum absolute atomic E-state index is 12.4. The quantitative estimate of drug-likeness (QED) is 0.612. The van der Waals surface area contributed by atoms with Crippen molar-refractivity contribution in [2.45, 2.75) is 6.42 Å². The van der Waals surface area contributed by atoms with E-state index >= 15 is 0 Å². The third-order valence-corrected chi connectivity index (χ3v) is 4.43. The summed E-state index contributed by atoms with van der Waals surface area (Å²) in [5, 5.41) is 14.2. The number of aromatic nitrogens is 2. The second kappa shape index (κ2) is 9.54. The van der Waals surface area contributed by atoms with Crippen LogP contribution in [0.5, 0.6) is 5.75 Å². The molecule has 3 rings (SSSR count). The van der Waals surface area contributed by atoms with Crippen molar-refractivity contribution in [3.8, 4) is 5.75 Å². The molecule has 3 aromatic rings. The van der Waals surface area contributed by atoms with Crippen molar-refractivity contribution in [1.29, 1.82) is 0 Å². The Morgan fingerprint density at radius 2 is 1.76 bits per heavy atom. The van der Waals surface area contributed by atoms with Crippen LogP contribution in [0.4, 0.5) is 17.2 Å². The molecule has 29 heavy (non-hydrogen) atoms. The molecule has 7 heteroatoms. The normalized spacial score (nSPS) is 10.3. The number of para-hydroxylation sites is 1. The summed E-state index contributed by atoms with van der Waals surface area (Å²) in [5.41, 5.74) is 3.15. The summed E-state index contributed by atoms with van der Waals surface area (Å²) in [4.78, 5) is 14.4. The SMILES string of the molecule is COc1ccccc1CCNc1ccc(C(=O)Nc2ccc(N(C)C)cc2)nn1. The van der Waals surface area contributed by atoms with Gasteiger partial charge < -0.3 is 20.3 Å². The Bertz CT molecular complexity index is 940. The van der Waals surface area contributed by atoms with E-state index in [4.69, 9.17) is 4.74 Å². The average molecular weight is 391 g/mol. The van der Waals surface area contributed by atoms with Crippen LogP contribution in [0.2, 0.25) is 0 Å². The van der Waals surface area contributed by atoms with Crippen LogP contribution in [-0.2, 0) is 6.42 Å². The third kappa shape index (κ3) is 5.44. The number of benzene rings is 2. The smallest absolute Gasteiger partial charge is 0.276 e. The lowest BCUT2D eigenvalue weighted by Gasteiger charge is -2.13. The monoisotopic (exact) mass is 391 g/mol. The summed E-state index contributed by atoms with van der Waals surface area (Å²) in [5.74, 6) is 1.19. The number of anilines is 3. The predicted octanol–water partition coefficient (Wildman–Crippen LogP) is 3.46. The Kier molecular flexibility index (Phi) is 6.63. The van der Waals surface area contributed by atoms with Crippen LogP contribution in [-0.4, -0.2) is 43.9 Å². The molecular formula is C22H25N5O2. The second-order valence-corrected chi connectivity index (χ2v) is 6.69. The van der Waals surface area contributed by atoms with E-state index in [1.165, 1.54) is 0 Å². The van der Waals surface area contributed by atoms with Crippen molar-refractivity contribution in [3.63, 3.8) is 0 Å². The van der Waals surface area contributed by atoms with Crippen molar-refractivity contribution >= 4 is 23.1 Å². The standard InChI is InChI=1S/C22H25N5O2/c1-27(2)18-10-8-17(9-11-18)24-22(28)19-12-13-21(26-25-19)23-15-14-16-6-4-5-7-20(16)29-3/h4-13H,14-15H2,1-3H3,(H,23,26)(H,24,28). The number of carbonyl (C=O) groups excluding carboxylic acids is 1. The van der Waals surface area contributed by atoms with E-state index in [1.807, 2.05) is 67.5 Å².